The van der Waals surface area contributed by atoms with Crippen molar-refractivity contribution in [3.63, 3.8) is 0 Å². The summed E-state index contributed by atoms with van der Waals surface area (Å²) >= 11 is 0. The van der Waals surface area contributed by atoms with E-state index in [9.17, 15) is 22.8 Å². The first kappa shape index (κ1) is 32.1. The van der Waals surface area contributed by atoms with Gasteiger partial charge in [0.1, 0.15) is 29.7 Å². The maximum absolute atomic E-state index is 14.0. The molecule has 2 N–H and O–H groups in total. The molecule has 12 heteroatoms. The molecular formula is C36H40N4O7S. The minimum absolute atomic E-state index is 0.186. The van der Waals surface area contributed by atoms with E-state index < -0.39 is 56.5 Å². The number of sulfonamides is 1. The standard InChI is InChI=1S/C36H40N4O7S/c1-3-22-21-36(22,35(43)39-48(44,45)25-13-14-25)37-33(41)30-19-24-20-31(30)34(42)40(2)16-8-4-5-9-17-46-23-12-15-27-26-10-6-7-11-28(26)32(38-47-24)29(27)18-23/h3,5-7,9-12,15,18,22,24-25,30-31H,1,4,8,13-14,16-17,19-21H2,2H3,(H,37,41)(H,39,43)/b9-5+,38-32+/t22-,24-,30-,31-,36-/m1/s1. The summed E-state index contributed by atoms with van der Waals surface area (Å²) < 4.78 is 33.4. The number of ether oxygens (including phenoxy) is 1. The second-order valence-electron chi connectivity index (χ2n) is 13.5. The average molecular weight is 673 g/mol. The lowest BCUT2D eigenvalue weighted by Gasteiger charge is -2.26. The summed E-state index contributed by atoms with van der Waals surface area (Å²) in [5.74, 6) is -2.69. The number of hydrogen-bond acceptors (Lipinski definition) is 8. The molecule has 7 rings (SSSR count). The molecule has 4 bridgehead atoms. The zero-order valence-corrected chi connectivity index (χ0v) is 27.7. The molecule has 1 aliphatic heterocycles. The van der Waals surface area contributed by atoms with Gasteiger partial charge in [-0.2, -0.15) is 0 Å². The number of benzene rings is 2. The molecule has 2 aromatic rings. The predicted octanol–water partition coefficient (Wildman–Crippen LogP) is 3.69. The van der Waals surface area contributed by atoms with Crippen molar-refractivity contribution in [2.45, 2.75) is 61.8 Å². The molecule has 11 nitrogen and oxygen atoms in total. The van der Waals surface area contributed by atoms with Crippen molar-refractivity contribution >= 4 is 33.5 Å². The number of carbonyl (C=O) groups excluding carboxylic acids is 3. The van der Waals surface area contributed by atoms with E-state index in [1.54, 1.807) is 18.0 Å². The fourth-order valence-corrected chi connectivity index (χ4v) is 8.54. The summed E-state index contributed by atoms with van der Waals surface area (Å²) in [7, 11) is -2.09. The molecule has 3 fully saturated rings. The van der Waals surface area contributed by atoms with Crippen LogP contribution in [0.15, 0.2) is 72.4 Å². The van der Waals surface area contributed by atoms with Crippen molar-refractivity contribution in [3.05, 3.63) is 78.4 Å². The highest BCUT2D eigenvalue weighted by molar-refractivity contribution is 7.91. The van der Waals surface area contributed by atoms with Crippen LogP contribution in [0.5, 0.6) is 5.75 Å². The Morgan fingerprint density at radius 3 is 2.58 bits per heavy atom. The number of rotatable bonds is 6. The van der Waals surface area contributed by atoms with E-state index in [4.69, 9.17) is 9.57 Å². The summed E-state index contributed by atoms with van der Waals surface area (Å²) in [5.41, 5.74) is 3.04. The van der Waals surface area contributed by atoms with Gasteiger partial charge in [-0.05, 0) is 74.3 Å². The molecule has 3 amide bonds. The normalized spacial score (nSPS) is 29.9. The molecule has 3 saturated carbocycles. The lowest BCUT2D eigenvalue weighted by atomic mass is 9.93. The molecular weight excluding hydrogens is 632 g/mol. The van der Waals surface area contributed by atoms with E-state index in [-0.39, 0.29) is 25.2 Å². The molecule has 4 aliphatic carbocycles. The van der Waals surface area contributed by atoms with Crippen LogP contribution in [0.3, 0.4) is 0 Å². The Bertz CT molecular complexity index is 1830. The Morgan fingerprint density at radius 2 is 1.83 bits per heavy atom. The number of nitrogens with one attached hydrogen (secondary N) is 2. The van der Waals surface area contributed by atoms with E-state index in [1.807, 2.05) is 54.6 Å². The van der Waals surface area contributed by atoms with Gasteiger partial charge in [-0.15, -0.1) is 6.58 Å². The molecule has 252 valence electrons. The summed E-state index contributed by atoms with van der Waals surface area (Å²) in [6.07, 6.45) is 8.16. The fraction of sp³-hybridized carbons (Fsp3) is 0.444. The average Bonchev–Trinajstić information content (AvgIpc) is 3.99. The molecule has 5 aliphatic rings. The van der Waals surface area contributed by atoms with Crippen LogP contribution in [-0.2, 0) is 29.2 Å². The Hall–Kier alpha value is -4.45. The third-order valence-corrected chi connectivity index (χ3v) is 12.0. The zero-order chi connectivity index (χ0) is 33.6. The number of hydrogen-bond donors (Lipinski definition) is 2. The lowest BCUT2D eigenvalue weighted by Crippen LogP contribution is -2.54. The van der Waals surface area contributed by atoms with E-state index in [1.165, 1.54) is 0 Å². The van der Waals surface area contributed by atoms with Crippen LogP contribution in [-0.4, -0.2) is 73.8 Å². The van der Waals surface area contributed by atoms with Gasteiger partial charge in [0.05, 0.1) is 17.1 Å². The van der Waals surface area contributed by atoms with Crippen molar-refractivity contribution in [2.24, 2.45) is 22.9 Å². The molecule has 0 radical (unpaired) electrons. The van der Waals surface area contributed by atoms with E-state index >= 15 is 0 Å². The maximum atomic E-state index is 14.0. The molecule has 5 atom stereocenters. The van der Waals surface area contributed by atoms with Crippen molar-refractivity contribution in [1.82, 2.24) is 14.9 Å². The molecule has 0 spiro atoms. The molecule has 48 heavy (non-hydrogen) atoms. The zero-order valence-electron chi connectivity index (χ0n) is 26.9. The van der Waals surface area contributed by atoms with Gasteiger partial charge in [0.2, 0.25) is 21.8 Å². The van der Waals surface area contributed by atoms with Crippen LogP contribution >= 0.6 is 0 Å². The Labute approximate surface area is 280 Å². The van der Waals surface area contributed by atoms with Crippen molar-refractivity contribution in [1.29, 1.82) is 0 Å². The molecule has 0 saturated heterocycles. The quantitative estimate of drug-likeness (QED) is 0.381. The summed E-state index contributed by atoms with van der Waals surface area (Å²) in [5, 5.41) is 6.91. The van der Waals surface area contributed by atoms with Gasteiger partial charge in [-0.1, -0.05) is 47.6 Å². The molecule has 0 unspecified atom stereocenters. The summed E-state index contributed by atoms with van der Waals surface area (Å²) in [4.78, 5) is 49.1. The fourth-order valence-electron chi connectivity index (χ4n) is 7.18. The Balaban J connectivity index is 1.17. The number of fused-ring (bicyclic) bond motifs is 6. The third kappa shape index (κ3) is 6.02. The highest BCUT2D eigenvalue weighted by atomic mass is 32.2. The first-order valence-corrected chi connectivity index (χ1v) is 18.2. The lowest BCUT2D eigenvalue weighted by molar-refractivity contribution is -0.140. The van der Waals surface area contributed by atoms with Crippen molar-refractivity contribution in [2.75, 3.05) is 20.2 Å². The molecule has 1 heterocycles. The van der Waals surface area contributed by atoms with Crippen molar-refractivity contribution in [3.8, 4) is 16.9 Å². The number of nitrogens with zero attached hydrogens (tertiary/aromatic N) is 2. The second-order valence-corrected chi connectivity index (χ2v) is 15.4. The molecule has 0 aromatic heterocycles. The predicted molar refractivity (Wildman–Crippen MR) is 179 cm³/mol. The van der Waals surface area contributed by atoms with Crippen LogP contribution in [0.4, 0.5) is 0 Å². The summed E-state index contributed by atoms with van der Waals surface area (Å²) in [6.45, 7) is 4.68. The topological polar surface area (TPSA) is 143 Å². The Morgan fingerprint density at radius 1 is 1.06 bits per heavy atom. The van der Waals surface area contributed by atoms with E-state index in [0.29, 0.717) is 37.5 Å². The summed E-state index contributed by atoms with van der Waals surface area (Å²) in [6, 6.07) is 13.9. The van der Waals surface area contributed by atoms with Crippen LogP contribution in [0.2, 0.25) is 0 Å². The number of allylic oxidation sites excluding steroid dienone is 1. The number of amides is 3. The van der Waals surface area contributed by atoms with Crippen LogP contribution in [0.25, 0.3) is 11.1 Å². The van der Waals surface area contributed by atoms with Crippen LogP contribution < -0.4 is 14.8 Å². The van der Waals surface area contributed by atoms with Crippen LogP contribution in [0.1, 0.15) is 56.1 Å². The van der Waals surface area contributed by atoms with E-state index in [0.717, 1.165) is 35.1 Å². The van der Waals surface area contributed by atoms with E-state index in [2.05, 4.69) is 21.8 Å². The first-order chi connectivity index (χ1) is 23.1. The maximum Gasteiger partial charge on any atom is 0.259 e. The number of oxime groups is 1. The second kappa shape index (κ2) is 12.5. The number of carbonyl (C=O) groups is 3. The largest absolute Gasteiger partial charge is 0.490 e. The minimum atomic E-state index is -3.82. The van der Waals surface area contributed by atoms with Gasteiger partial charge >= 0.3 is 0 Å². The van der Waals surface area contributed by atoms with Gasteiger partial charge in [0.15, 0.2) is 0 Å². The van der Waals surface area contributed by atoms with Crippen molar-refractivity contribution < 1.29 is 32.4 Å². The monoisotopic (exact) mass is 672 g/mol. The van der Waals surface area contributed by atoms with Crippen LogP contribution in [0, 0.1) is 17.8 Å². The minimum Gasteiger partial charge on any atom is -0.490 e. The SMILES string of the molecule is C=C[C@@H]1C[C@]1(NC(=O)[C@@H]1C[C@@H]2C[C@H]1C(=O)N(C)CCC/C=C/COc1ccc3c(c1)/C(=N/O2)c1ccccc1-3)C(=O)NS(=O)(=O)C1CC1. The van der Waals surface area contributed by atoms with Gasteiger partial charge < -0.3 is 19.8 Å². The Kier molecular flexibility index (Phi) is 8.39. The van der Waals surface area contributed by atoms with Gasteiger partial charge in [0, 0.05) is 30.6 Å². The highest BCUT2D eigenvalue weighted by Gasteiger charge is 2.62. The first-order valence-electron chi connectivity index (χ1n) is 16.6. The smallest absolute Gasteiger partial charge is 0.259 e. The van der Waals surface area contributed by atoms with Gasteiger partial charge in [0.25, 0.3) is 5.91 Å². The van der Waals surface area contributed by atoms with Gasteiger partial charge in [-0.3, -0.25) is 19.1 Å². The molecule has 2 aromatic carbocycles. The third-order valence-electron chi connectivity index (χ3n) is 10.2. The highest BCUT2D eigenvalue weighted by Crippen LogP contribution is 2.47. The van der Waals surface area contributed by atoms with Gasteiger partial charge in [-0.25, -0.2) is 8.42 Å².